The van der Waals surface area contributed by atoms with Crippen LogP contribution in [-0.4, -0.2) is 39.8 Å². The molecular weight excluding hydrogens is 390 g/mol. The second-order valence-electron chi connectivity index (χ2n) is 7.98. The lowest BCUT2D eigenvalue weighted by molar-refractivity contribution is -0.117. The molecule has 0 spiro atoms. The summed E-state index contributed by atoms with van der Waals surface area (Å²) in [6.07, 6.45) is 6.51. The van der Waals surface area contributed by atoms with E-state index in [9.17, 15) is 9.59 Å². The maximum Gasteiger partial charge on any atom is 0.254 e. The van der Waals surface area contributed by atoms with E-state index in [1.54, 1.807) is 29.2 Å². The van der Waals surface area contributed by atoms with Gasteiger partial charge >= 0.3 is 0 Å². The number of carbonyl (C=O) groups is 2. The highest BCUT2D eigenvalue weighted by Crippen LogP contribution is 2.33. The number of rotatable bonds is 4. The van der Waals surface area contributed by atoms with E-state index in [-0.39, 0.29) is 17.7 Å². The Kier molecular flexibility index (Phi) is 4.75. The first-order chi connectivity index (χ1) is 15.1. The smallest absolute Gasteiger partial charge is 0.254 e. The zero-order valence-electron chi connectivity index (χ0n) is 16.9. The Bertz CT molecular complexity index is 1250. The first kappa shape index (κ1) is 19.1. The van der Waals surface area contributed by atoms with Crippen LogP contribution in [0.4, 0.5) is 5.82 Å². The number of hydrogen-bond acceptors (Lipinski definition) is 4. The van der Waals surface area contributed by atoms with Gasteiger partial charge in [-0.05, 0) is 66.8 Å². The molecule has 2 aromatic heterocycles. The van der Waals surface area contributed by atoms with E-state index in [1.807, 2.05) is 18.3 Å². The van der Waals surface area contributed by atoms with Crippen molar-refractivity contribution in [3.05, 3.63) is 65.4 Å². The number of benzene rings is 1. The van der Waals surface area contributed by atoms with E-state index in [0.29, 0.717) is 36.5 Å². The summed E-state index contributed by atoms with van der Waals surface area (Å²) >= 11 is 0. The molecular formula is C24H21N5O2. The normalized spacial score (nSPS) is 16.0. The second-order valence-corrected chi connectivity index (χ2v) is 7.98. The summed E-state index contributed by atoms with van der Waals surface area (Å²) in [7, 11) is 0. The van der Waals surface area contributed by atoms with Crippen molar-refractivity contribution < 1.29 is 9.59 Å². The second kappa shape index (κ2) is 7.73. The molecule has 1 aliphatic carbocycles. The SMILES string of the molecule is N#Cc1ccc(C(=O)N2CC=C(c3cc(NC(=O)C4CC4)nc4[nH]ccc34)CC2)cc1. The van der Waals surface area contributed by atoms with Gasteiger partial charge < -0.3 is 15.2 Å². The Hall–Kier alpha value is -3.92. The van der Waals surface area contributed by atoms with Gasteiger partial charge in [0.15, 0.2) is 0 Å². The molecule has 5 rings (SSSR count). The summed E-state index contributed by atoms with van der Waals surface area (Å²) in [5.41, 5.74) is 4.02. The summed E-state index contributed by atoms with van der Waals surface area (Å²) in [5, 5.41) is 12.9. The number of pyridine rings is 1. The minimum atomic E-state index is -0.0429. The fourth-order valence-electron chi connectivity index (χ4n) is 3.91. The molecule has 2 N–H and O–H groups in total. The number of aromatic amines is 1. The topological polar surface area (TPSA) is 102 Å². The van der Waals surface area contributed by atoms with E-state index in [4.69, 9.17) is 5.26 Å². The molecule has 3 heterocycles. The summed E-state index contributed by atoms with van der Waals surface area (Å²) in [4.78, 5) is 34.5. The Balaban J connectivity index is 1.37. The van der Waals surface area contributed by atoms with Crippen LogP contribution in [0.25, 0.3) is 16.6 Å². The molecule has 0 bridgehead atoms. The van der Waals surface area contributed by atoms with E-state index < -0.39 is 0 Å². The van der Waals surface area contributed by atoms with E-state index in [0.717, 1.165) is 35.0 Å². The van der Waals surface area contributed by atoms with Crippen molar-refractivity contribution in [2.75, 3.05) is 18.4 Å². The maximum atomic E-state index is 12.8. The number of H-pyrrole nitrogens is 1. The third kappa shape index (κ3) is 3.80. The van der Waals surface area contributed by atoms with Crippen molar-refractivity contribution in [3.63, 3.8) is 0 Å². The molecule has 0 radical (unpaired) electrons. The van der Waals surface area contributed by atoms with Crippen LogP contribution in [0.2, 0.25) is 0 Å². The highest BCUT2D eigenvalue weighted by atomic mass is 16.2. The molecule has 7 heteroatoms. The average molecular weight is 411 g/mol. The van der Waals surface area contributed by atoms with E-state index in [2.05, 4.69) is 27.4 Å². The van der Waals surface area contributed by atoms with Gasteiger partial charge in [-0.1, -0.05) is 6.08 Å². The molecule has 154 valence electrons. The molecule has 2 amide bonds. The van der Waals surface area contributed by atoms with Crippen LogP contribution >= 0.6 is 0 Å². The molecule has 1 fully saturated rings. The molecule has 1 aromatic carbocycles. The molecule has 1 aliphatic heterocycles. The van der Waals surface area contributed by atoms with Crippen molar-refractivity contribution in [1.29, 1.82) is 5.26 Å². The standard InChI is InChI=1S/C24H21N5O2/c25-14-15-1-3-18(4-2-15)24(31)29-11-8-16(9-12-29)20-13-21(28-23(30)17-5-6-17)27-22-19(20)7-10-26-22/h1-4,7-8,10,13,17H,5-6,9,11-12H2,(H2,26,27,28,30). The Morgan fingerprint density at radius 2 is 2.00 bits per heavy atom. The molecule has 2 aliphatic rings. The van der Waals surface area contributed by atoms with Gasteiger partial charge in [-0.3, -0.25) is 9.59 Å². The van der Waals surface area contributed by atoms with Crippen LogP contribution < -0.4 is 5.32 Å². The van der Waals surface area contributed by atoms with Gasteiger partial charge in [-0.25, -0.2) is 4.98 Å². The lowest BCUT2D eigenvalue weighted by Gasteiger charge is -2.27. The maximum absolute atomic E-state index is 12.8. The van der Waals surface area contributed by atoms with Crippen molar-refractivity contribution in [1.82, 2.24) is 14.9 Å². The minimum absolute atomic E-state index is 0.0289. The summed E-state index contributed by atoms with van der Waals surface area (Å²) in [6, 6.07) is 12.7. The molecule has 31 heavy (non-hydrogen) atoms. The van der Waals surface area contributed by atoms with E-state index >= 15 is 0 Å². The highest BCUT2D eigenvalue weighted by Gasteiger charge is 2.30. The summed E-state index contributed by atoms with van der Waals surface area (Å²) in [6.45, 7) is 1.11. The number of nitrogens with one attached hydrogen (secondary N) is 2. The fourth-order valence-corrected chi connectivity index (χ4v) is 3.91. The molecule has 0 saturated heterocycles. The van der Waals surface area contributed by atoms with E-state index in [1.165, 1.54) is 0 Å². The number of nitrogens with zero attached hydrogens (tertiary/aromatic N) is 3. The minimum Gasteiger partial charge on any atom is -0.346 e. The number of anilines is 1. The lowest BCUT2D eigenvalue weighted by atomic mass is 9.97. The van der Waals surface area contributed by atoms with Crippen LogP contribution in [0.1, 0.15) is 40.7 Å². The van der Waals surface area contributed by atoms with Gasteiger partial charge in [-0.2, -0.15) is 5.26 Å². The van der Waals surface area contributed by atoms with Crippen LogP contribution in [0, 0.1) is 17.2 Å². The third-order valence-electron chi connectivity index (χ3n) is 5.83. The molecule has 0 unspecified atom stereocenters. The predicted molar refractivity (Wildman–Crippen MR) is 117 cm³/mol. The first-order valence-electron chi connectivity index (χ1n) is 10.4. The van der Waals surface area contributed by atoms with Gasteiger partial charge in [0.2, 0.25) is 5.91 Å². The fraction of sp³-hybridized carbons (Fsp3) is 0.250. The highest BCUT2D eigenvalue weighted by molar-refractivity contribution is 5.98. The zero-order valence-corrected chi connectivity index (χ0v) is 16.9. The largest absolute Gasteiger partial charge is 0.346 e. The van der Waals surface area contributed by atoms with Crippen molar-refractivity contribution >= 4 is 34.2 Å². The van der Waals surface area contributed by atoms with Gasteiger partial charge in [0.25, 0.3) is 5.91 Å². The molecule has 3 aromatic rings. The monoisotopic (exact) mass is 411 g/mol. The number of aromatic nitrogens is 2. The Morgan fingerprint density at radius 1 is 1.19 bits per heavy atom. The number of carbonyl (C=O) groups excluding carboxylic acids is 2. The predicted octanol–water partition coefficient (Wildman–Crippen LogP) is 3.71. The van der Waals surface area contributed by atoms with Crippen LogP contribution in [0.3, 0.4) is 0 Å². The number of nitriles is 1. The Labute approximate surface area is 179 Å². The molecule has 7 nitrogen and oxygen atoms in total. The van der Waals surface area contributed by atoms with Crippen molar-refractivity contribution in [2.45, 2.75) is 19.3 Å². The lowest BCUT2D eigenvalue weighted by Crippen LogP contribution is -2.34. The van der Waals surface area contributed by atoms with Crippen molar-refractivity contribution in [2.24, 2.45) is 5.92 Å². The number of fused-ring (bicyclic) bond motifs is 1. The van der Waals surface area contributed by atoms with Crippen molar-refractivity contribution in [3.8, 4) is 6.07 Å². The van der Waals surface area contributed by atoms with Gasteiger partial charge in [0.05, 0.1) is 11.6 Å². The van der Waals surface area contributed by atoms with Gasteiger partial charge in [0, 0.05) is 36.2 Å². The first-order valence-corrected chi connectivity index (χ1v) is 10.4. The third-order valence-corrected chi connectivity index (χ3v) is 5.83. The van der Waals surface area contributed by atoms with Gasteiger partial charge in [0.1, 0.15) is 11.5 Å². The number of hydrogen-bond donors (Lipinski definition) is 2. The Morgan fingerprint density at radius 3 is 2.68 bits per heavy atom. The quantitative estimate of drug-likeness (QED) is 0.683. The summed E-state index contributed by atoms with van der Waals surface area (Å²) in [5.74, 6) is 0.652. The molecule has 0 atom stereocenters. The van der Waals surface area contributed by atoms with Crippen LogP contribution in [-0.2, 0) is 4.79 Å². The summed E-state index contributed by atoms with van der Waals surface area (Å²) < 4.78 is 0. The average Bonchev–Trinajstić information content (AvgIpc) is 3.56. The van der Waals surface area contributed by atoms with Gasteiger partial charge in [-0.15, -0.1) is 0 Å². The van der Waals surface area contributed by atoms with Crippen LogP contribution in [0.15, 0.2) is 48.7 Å². The van der Waals surface area contributed by atoms with Crippen LogP contribution in [0.5, 0.6) is 0 Å². The zero-order chi connectivity index (χ0) is 21.4. The molecule has 1 saturated carbocycles. The number of amides is 2.